The second kappa shape index (κ2) is 11.2. The number of fused-ring (bicyclic) bond motifs is 3. The number of benzene rings is 1. The van der Waals surface area contributed by atoms with Crippen molar-refractivity contribution in [3.8, 4) is 0 Å². The van der Waals surface area contributed by atoms with E-state index in [0.29, 0.717) is 47.0 Å². The van der Waals surface area contributed by atoms with Crippen LogP contribution in [0.5, 0.6) is 0 Å². The number of hydrogen-bond donors (Lipinski definition) is 4. The molecule has 3 aromatic heterocycles. The van der Waals surface area contributed by atoms with Crippen molar-refractivity contribution in [2.75, 3.05) is 14.1 Å². The Kier molecular flexibility index (Phi) is 7.82. The van der Waals surface area contributed by atoms with Gasteiger partial charge in [0.05, 0.1) is 34.2 Å². The van der Waals surface area contributed by atoms with Gasteiger partial charge in [0.25, 0.3) is 0 Å². The molecule has 1 unspecified atom stereocenters. The summed E-state index contributed by atoms with van der Waals surface area (Å²) in [5.41, 5.74) is 19.3. The summed E-state index contributed by atoms with van der Waals surface area (Å²) in [5.74, 6) is 9.61. The van der Waals surface area contributed by atoms with Crippen LogP contribution in [-0.2, 0) is 0 Å². The standard InChI is InChI=1S/C31H39F2N9/c1-18(34)27(40(3)36)22-16-25-26(38-17-22)23-10-11-24(28(19(2)35)41(4)37)39-30(23)42(25)29(20-8-6-5-7-9-20)21-12-14-31(32,33)15-13-21/h5-11,16-17,21,29H,12-15,34-37H2,1-4H3/b27-18-,28-19-. The van der Waals surface area contributed by atoms with Crippen LogP contribution in [0.4, 0.5) is 8.78 Å². The molecule has 0 aliphatic heterocycles. The highest BCUT2D eigenvalue weighted by Gasteiger charge is 2.39. The van der Waals surface area contributed by atoms with Crippen LogP contribution in [0.2, 0.25) is 0 Å². The molecule has 1 aromatic carbocycles. The number of aromatic nitrogens is 3. The molecular formula is C31H39F2N9. The molecule has 1 fully saturated rings. The number of hydrazine groups is 2. The first kappa shape index (κ1) is 29.3. The Morgan fingerprint density at radius 1 is 0.952 bits per heavy atom. The molecule has 11 heteroatoms. The maximum Gasteiger partial charge on any atom is 0.248 e. The number of allylic oxidation sites excluding steroid dienone is 2. The molecule has 1 saturated carbocycles. The number of pyridine rings is 2. The highest BCUT2D eigenvalue weighted by atomic mass is 19.3. The Balaban J connectivity index is 1.87. The van der Waals surface area contributed by atoms with Crippen molar-refractivity contribution in [1.82, 2.24) is 24.6 Å². The lowest BCUT2D eigenvalue weighted by atomic mass is 9.79. The van der Waals surface area contributed by atoms with Crippen LogP contribution in [0.15, 0.2) is 66.1 Å². The third-order valence-corrected chi connectivity index (χ3v) is 8.08. The molecular weight excluding hydrogens is 536 g/mol. The van der Waals surface area contributed by atoms with Gasteiger partial charge in [-0.2, -0.15) is 0 Å². The van der Waals surface area contributed by atoms with Gasteiger partial charge in [0.1, 0.15) is 5.65 Å². The van der Waals surface area contributed by atoms with Gasteiger partial charge in [-0.05, 0) is 56.4 Å². The lowest BCUT2D eigenvalue weighted by Crippen LogP contribution is -2.30. The Labute approximate surface area is 244 Å². The van der Waals surface area contributed by atoms with Gasteiger partial charge in [0.15, 0.2) is 0 Å². The fourth-order valence-corrected chi connectivity index (χ4v) is 6.35. The predicted molar refractivity (Wildman–Crippen MR) is 164 cm³/mol. The van der Waals surface area contributed by atoms with Crippen LogP contribution in [-0.4, -0.2) is 44.6 Å². The Morgan fingerprint density at radius 2 is 1.57 bits per heavy atom. The van der Waals surface area contributed by atoms with Gasteiger partial charge in [0.2, 0.25) is 5.92 Å². The van der Waals surface area contributed by atoms with E-state index < -0.39 is 5.92 Å². The van der Waals surface area contributed by atoms with Gasteiger partial charge in [-0.1, -0.05) is 30.3 Å². The SMILES string of the molecule is C/C(N)=C(\c1cnc2c3ccc(/C(=C(\C)N)N(C)N)nc3n(C(c3ccccc3)C3CCC(F)(F)CC3)c2c1)N(C)N. The molecule has 1 aliphatic carbocycles. The summed E-state index contributed by atoms with van der Waals surface area (Å²) < 4.78 is 30.9. The first-order chi connectivity index (χ1) is 19.9. The van der Waals surface area contributed by atoms with Crippen LogP contribution >= 0.6 is 0 Å². The molecule has 0 amide bonds. The lowest BCUT2D eigenvalue weighted by Gasteiger charge is -2.35. The summed E-state index contributed by atoms with van der Waals surface area (Å²) in [6.07, 6.45) is 2.18. The van der Waals surface area contributed by atoms with E-state index in [0.717, 1.165) is 27.5 Å². The van der Waals surface area contributed by atoms with Crippen LogP contribution < -0.4 is 23.2 Å². The summed E-state index contributed by atoms with van der Waals surface area (Å²) in [7, 11) is 3.43. The van der Waals surface area contributed by atoms with Crippen molar-refractivity contribution in [2.45, 2.75) is 51.5 Å². The average Bonchev–Trinajstić information content (AvgIpc) is 3.22. The first-order valence-corrected chi connectivity index (χ1v) is 14.0. The van der Waals surface area contributed by atoms with Crippen LogP contribution in [0.3, 0.4) is 0 Å². The minimum Gasteiger partial charge on any atom is -0.401 e. The average molecular weight is 576 g/mol. The fraction of sp³-hybridized carbons (Fsp3) is 0.355. The van der Waals surface area contributed by atoms with Gasteiger partial charge in [0, 0.05) is 55.5 Å². The molecule has 0 bridgehead atoms. The van der Waals surface area contributed by atoms with Crippen molar-refractivity contribution in [3.05, 3.63) is 82.9 Å². The Hall–Kier alpha value is -4.22. The monoisotopic (exact) mass is 575 g/mol. The molecule has 222 valence electrons. The van der Waals surface area contributed by atoms with E-state index in [1.807, 2.05) is 48.5 Å². The smallest absolute Gasteiger partial charge is 0.248 e. The molecule has 3 heterocycles. The summed E-state index contributed by atoms with van der Waals surface area (Å²) >= 11 is 0. The summed E-state index contributed by atoms with van der Waals surface area (Å²) in [6, 6.07) is 15.5. The van der Waals surface area contributed by atoms with E-state index >= 15 is 0 Å². The molecule has 1 aliphatic rings. The van der Waals surface area contributed by atoms with Gasteiger partial charge in [-0.15, -0.1) is 0 Å². The zero-order chi connectivity index (χ0) is 30.3. The third kappa shape index (κ3) is 5.37. The van der Waals surface area contributed by atoms with Crippen LogP contribution in [0.1, 0.15) is 62.4 Å². The van der Waals surface area contributed by atoms with E-state index in [1.165, 1.54) is 10.0 Å². The summed E-state index contributed by atoms with van der Waals surface area (Å²) in [4.78, 5) is 9.99. The molecule has 5 rings (SSSR count). The van der Waals surface area contributed by atoms with Crippen molar-refractivity contribution >= 4 is 33.5 Å². The van der Waals surface area contributed by atoms with Crippen molar-refractivity contribution < 1.29 is 8.78 Å². The van der Waals surface area contributed by atoms with E-state index in [1.54, 1.807) is 34.1 Å². The van der Waals surface area contributed by atoms with Gasteiger partial charge in [-0.25, -0.2) is 25.5 Å². The largest absolute Gasteiger partial charge is 0.401 e. The number of hydrogen-bond acceptors (Lipinski definition) is 8. The van der Waals surface area contributed by atoms with Gasteiger partial charge < -0.3 is 26.1 Å². The Morgan fingerprint density at radius 3 is 2.14 bits per heavy atom. The molecule has 0 radical (unpaired) electrons. The molecule has 0 saturated heterocycles. The highest BCUT2D eigenvalue weighted by Crippen LogP contribution is 2.45. The number of halogens is 2. The van der Waals surface area contributed by atoms with Gasteiger partial charge >= 0.3 is 0 Å². The second-order valence-corrected chi connectivity index (χ2v) is 11.4. The number of nitrogens with two attached hydrogens (primary N) is 4. The maximum atomic E-state index is 14.4. The molecule has 1 atom stereocenters. The summed E-state index contributed by atoms with van der Waals surface area (Å²) in [6.45, 7) is 3.56. The minimum absolute atomic E-state index is 0.0631. The van der Waals surface area contributed by atoms with Crippen LogP contribution in [0.25, 0.3) is 33.5 Å². The van der Waals surface area contributed by atoms with Crippen molar-refractivity contribution in [1.29, 1.82) is 0 Å². The predicted octanol–water partition coefficient (Wildman–Crippen LogP) is 4.90. The van der Waals surface area contributed by atoms with Crippen LogP contribution in [0, 0.1) is 5.92 Å². The lowest BCUT2D eigenvalue weighted by molar-refractivity contribution is -0.0493. The van der Waals surface area contributed by atoms with E-state index in [9.17, 15) is 8.78 Å². The first-order valence-electron chi connectivity index (χ1n) is 14.0. The highest BCUT2D eigenvalue weighted by molar-refractivity contribution is 6.05. The fourth-order valence-electron chi connectivity index (χ4n) is 6.35. The summed E-state index contributed by atoms with van der Waals surface area (Å²) in [5, 5.41) is 3.74. The number of rotatable bonds is 7. The van der Waals surface area contributed by atoms with E-state index in [4.69, 9.17) is 33.1 Å². The molecule has 9 nitrogen and oxygen atoms in total. The van der Waals surface area contributed by atoms with Crippen molar-refractivity contribution in [2.24, 2.45) is 29.1 Å². The molecule has 8 N–H and O–H groups in total. The van der Waals surface area contributed by atoms with Gasteiger partial charge in [-0.3, -0.25) is 4.98 Å². The molecule has 4 aromatic rings. The topological polar surface area (TPSA) is 141 Å². The van der Waals surface area contributed by atoms with E-state index in [2.05, 4.69) is 4.57 Å². The van der Waals surface area contributed by atoms with Crippen molar-refractivity contribution in [3.63, 3.8) is 0 Å². The zero-order valence-corrected chi connectivity index (χ0v) is 24.5. The quantitative estimate of drug-likeness (QED) is 0.180. The number of nitrogens with zero attached hydrogens (tertiary/aromatic N) is 5. The Bertz CT molecular complexity index is 1570. The molecule has 0 spiro atoms. The number of alkyl halides is 2. The maximum absolute atomic E-state index is 14.4. The normalized spacial score (nSPS) is 17.6. The zero-order valence-electron chi connectivity index (χ0n) is 24.5. The van der Waals surface area contributed by atoms with E-state index in [-0.39, 0.29) is 24.8 Å². The third-order valence-electron chi connectivity index (χ3n) is 8.08. The minimum atomic E-state index is -2.66. The second-order valence-electron chi connectivity index (χ2n) is 11.4. The molecule has 42 heavy (non-hydrogen) atoms.